The second-order valence-electron chi connectivity index (χ2n) is 12.4. The molecule has 2 fully saturated rings. The Labute approximate surface area is 271 Å². The van der Waals surface area contributed by atoms with Crippen molar-refractivity contribution in [1.82, 2.24) is 29.3 Å². The fraction of sp³-hybridized carbons (Fsp3) is 0.343. The van der Waals surface area contributed by atoms with E-state index in [2.05, 4.69) is 30.8 Å². The van der Waals surface area contributed by atoms with Gasteiger partial charge in [-0.25, -0.2) is 18.7 Å². The predicted molar refractivity (Wildman–Crippen MR) is 174 cm³/mol. The number of aromatic nitrogens is 6. The third-order valence-electron chi connectivity index (χ3n) is 8.97. The van der Waals surface area contributed by atoms with Crippen molar-refractivity contribution in [1.29, 1.82) is 0 Å². The number of pyridine rings is 1. The van der Waals surface area contributed by atoms with Gasteiger partial charge in [0.2, 0.25) is 5.92 Å². The highest BCUT2D eigenvalue weighted by Crippen LogP contribution is 2.40. The van der Waals surface area contributed by atoms with E-state index in [0.717, 1.165) is 41.1 Å². The molecule has 0 saturated heterocycles. The van der Waals surface area contributed by atoms with Gasteiger partial charge in [-0.3, -0.25) is 4.79 Å². The quantitative estimate of drug-likeness (QED) is 0.165. The van der Waals surface area contributed by atoms with E-state index in [1.807, 2.05) is 58.7 Å². The van der Waals surface area contributed by atoms with Crippen LogP contribution in [0.4, 0.5) is 20.3 Å². The number of anilines is 2. The molecule has 2 N–H and O–H groups in total. The van der Waals surface area contributed by atoms with Crippen molar-refractivity contribution in [2.24, 2.45) is 0 Å². The summed E-state index contributed by atoms with van der Waals surface area (Å²) in [5.74, 6) is -0.892. The van der Waals surface area contributed by atoms with Crippen molar-refractivity contribution < 1.29 is 18.3 Å². The first-order chi connectivity index (χ1) is 22.8. The van der Waals surface area contributed by atoms with Gasteiger partial charge in [0.15, 0.2) is 5.82 Å². The van der Waals surface area contributed by atoms with Crippen molar-refractivity contribution in [3.63, 3.8) is 0 Å². The Balaban J connectivity index is 1.16. The topological polar surface area (TPSA) is 112 Å². The van der Waals surface area contributed by atoms with Crippen LogP contribution in [0.5, 0.6) is 5.75 Å². The summed E-state index contributed by atoms with van der Waals surface area (Å²) in [6.45, 7) is 2.51. The number of alkyl halides is 2. The molecule has 10 nitrogen and oxygen atoms in total. The van der Waals surface area contributed by atoms with Crippen LogP contribution in [-0.4, -0.2) is 48.2 Å². The smallest absolute Gasteiger partial charge is 0.258 e. The number of imidazole rings is 1. The maximum absolute atomic E-state index is 14.0. The lowest BCUT2D eigenvalue weighted by atomic mass is 9.92. The minimum absolute atomic E-state index is 0.145. The van der Waals surface area contributed by atoms with E-state index in [4.69, 9.17) is 4.74 Å². The van der Waals surface area contributed by atoms with Crippen LogP contribution in [0, 0.1) is 6.92 Å². The Bertz CT molecular complexity index is 1890. The number of methoxy groups -OCH3 is 1. The molecular formula is C35H36F2N8O2. The molecule has 2 aliphatic rings. The Morgan fingerprint density at radius 1 is 1.04 bits per heavy atom. The molecule has 7 rings (SSSR count). The van der Waals surface area contributed by atoms with Gasteiger partial charge in [-0.05, 0) is 80.1 Å². The first-order valence-corrected chi connectivity index (χ1v) is 15.9. The van der Waals surface area contributed by atoms with Crippen LogP contribution in [0.1, 0.15) is 77.7 Å². The Hall–Kier alpha value is -5.13. The van der Waals surface area contributed by atoms with Gasteiger partial charge in [0.25, 0.3) is 5.91 Å². The van der Waals surface area contributed by atoms with Gasteiger partial charge >= 0.3 is 0 Å². The molecule has 0 spiro atoms. The van der Waals surface area contributed by atoms with Crippen molar-refractivity contribution in [3.05, 3.63) is 95.8 Å². The number of rotatable bonds is 10. The minimum Gasteiger partial charge on any atom is -0.497 e. The van der Waals surface area contributed by atoms with Gasteiger partial charge in [0, 0.05) is 43.2 Å². The molecule has 0 radical (unpaired) electrons. The first-order valence-electron chi connectivity index (χ1n) is 15.9. The van der Waals surface area contributed by atoms with Gasteiger partial charge in [-0.15, -0.1) is 10.2 Å². The molecule has 0 atom stereocenters. The van der Waals surface area contributed by atoms with E-state index in [1.165, 1.54) is 0 Å². The molecule has 3 aromatic heterocycles. The standard InChI is InChI=1S/C35H36F2N8O2/c1-22-16-29(38-18-23-6-10-26(47-2)11-7-23)27(17-31(22)44-19-30(39-20-44)24-8-9-24)34(46)42-32-5-3-4-28(41-32)33-43-40-21-45(33)25-12-14-35(36,37)15-13-25/h3-7,10-11,16-17,19-21,24-25,38H,8-9,12-15,18H2,1-2H3,(H,41,42,46). The maximum Gasteiger partial charge on any atom is 0.258 e. The third-order valence-corrected chi connectivity index (χ3v) is 8.97. The lowest BCUT2D eigenvalue weighted by molar-refractivity contribution is -0.0438. The molecular weight excluding hydrogens is 602 g/mol. The Morgan fingerprint density at radius 2 is 1.83 bits per heavy atom. The van der Waals surface area contributed by atoms with Crippen LogP contribution in [0.3, 0.4) is 0 Å². The molecule has 12 heteroatoms. The van der Waals surface area contributed by atoms with Crippen molar-refractivity contribution in [3.8, 4) is 23.0 Å². The number of hydrogen-bond donors (Lipinski definition) is 2. The monoisotopic (exact) mass is 638 g/mol. The fourth-order valence-electron chi connectivity index (χ4n) is 6.12. The lowest BCUT2D eigenvalue weighted by Gasteiger charge is -2.29. The van der Waals surface area contributed by atoms with Gasteiger partial charge < -0.3 is 24.5 Å². The summed E-state index contributed by atoms with van der Waals surface area (Å²) in [7, 11) is 1.63. The van der Waals surface area contributed by atoms with Gasteiger partial charge in [0.1, 0.15) is 23.6 Å². The largest absolute Gasteiger partial charge is 0.497 e. The number of benzene rings is 2. The average molecular weight is 639 g/mol. The van der Waals surface area contributed by atoms with E-state index in [0.29, 0.717) is 53.9 Å². The molecule has 2 aromatic carbocycles. The number of nitrogens with zero attached hydrogens (tertiary/aromatic N) is 6. The second-order valence-corrected chi connectivity index (χ2v) is 12.4. The molecule has 3 heterocycles. The van der Waals surface area contributed by atoms with Gasteiger partial charge in [-0.2, -0.15) is 0 Å². The number of nitrogens with one attached hydrogen (secondary N) is 2. The van der Waals surface area contributed by atoms with Crippen molar-refractivity contribution in [2.75, 3.05) is 17.7 Å². The summed E-state index contributed by atoms with van der Waals surface area (Å²) >= 11 is 0. The van der Waals surface area contributed by atoms with E-state index < -0.39 is 5.92 Å². The number of carbonyl (C=O) groups is 1. The number of ether oxygens (including phenoxy) is 1. The van der Waals surface area contributed by atoms with Crippen LogP contribution in [0.2, 0.25) is 0 Å². The summed E-state index contributed by atoms with van der Waals surface area (Å²) in [5, 5.41) is 14.7. The summed E-state index contributed by atoms with van der Waals surface area (Å²) in [6, 6.07) is 16.7. The summed E-state index contributed by atoms with van der Waals surface area (Å²) in [6.07, 6.45) is 8.02. The molecule has 0 unspecified atom stereocenters. The van der Waals surface area contributed by atoms with Gasteiger partial charge in [0.05, 0.1) is 30.4 Å². The van der Waals surface area contributed by atoms with E-state index in [9.17, 15) is 13.6 Å². The Kier molecular flexibility index (Phi) is 8.17. The van der Waals surface area contributed by atoms with E-state index in [1.54, 1.807) is 38.0 Å². The molecule has 2 aliphatic carbocycles. The number of hydrogen-bond acceptors (Lipinski definition) is 7. The second kappa shape index (κ2) is 12.6. The SMILES string of the molecule is COc1ccc(CNc2cc(C)c(-n3cnc(C4CC4)c3)cc2C(=O)Nc2cccc(-c3nncn3C3CCC(F)(F)CC3)n2)cc1. The number of aryl methyl sites for hydroxylation is 1. The molecule has 1 amide bonds. The Morgan fingerprint density at radius 3 is 2.57 bits per heavy atom. The fourth-order valence-corrected chi connectivity index (χ4v) is 6.12. The minimum atomic E-state index is -2.64. The number of amides is 1. The van der Waals surface area contributed by atoms with Crippen LogP contribution in [0.15, 0.2) is 73.4 Å². The van der Waals surface area contributed by atoms with Crippen LogP contribution < -0.4 is 15.4 Å². The normalized spacial score (nSPS) is 16.2. The van der Waals surface area contributed by atoms with E-state index in [-0.39, 0.29) is 24.8 Å². The highest BCUT2D eigenvalue weighted by Gasteiger charge is 2.36. The summed E-state index contributed by atoms with van der Waals surface area (Å²) in [4.78, 5) is 23.3. The molecule has 5 aromatic rings. The van der Waals surface area contributed by atoms with Crippen molar-refractivity contribution >= 4 is 17.4 Å². The summed E-state index contributed by atoms with van der Waals surface area (Å²) < 4.78 is 36.7. The third kappa shape index (κ3) is 6.72. The molecule has 242 valence electrons. The highest BCUT2D eigenvalue weighted by atomic mass is 19.3. The zero-order valence-electron chi connectivity index (χ0n) is 26.3. The highest BCUT2D eigenvalue weighted by molar-refractivity contribution is 6.08. The van der Waals surface area contributed by atoms with Crippen molar-refractivity contribution in [2.45, 2.75) is 69.9 Å². The first kappa shape index (κ1) is 30.5. The van der Waals surface area contributed by atoms with Gasteiger partial charge in [-0.1, -0.05) is 18.2 Å². The summed E-state index contributed by atoms with van der Waals surface area (Å²) in [5.41, 5.74) is 5.55. The number of carbonyl (C=O) groups excluding carboxylic acids is 1. The molecule has 0 aliphatic heterocycles. The zero-order valence-corrected chi connectivity index (χ0v) is 26.3. The predicted octanol–water partition coefficient (Wildman–Crippen LogP) is 7.34. The lowest BCUT2D eigenvalue weighted by Crippen LogP contribution is -2.26. The molecule has 2 saturated carbocycles. The van der Waals surface area contributed by atoms with Crippen LogP contribution >= 0.6 is 0 Å². The average Bonchev–Trinajstić information content (AvgIpc) is 3.59. The van der Waals surface area contributed by atoms with E-state index >= 15 is 0 Å². The number of halogens is 2. The zero-order chi connectivity index (χ0) is 32.5. The molecule has 0 bridgehead atoms. The van der Waals surface area contributed by atoms with Crippen LogP contribution in [-0.2, 0) is 6.54 Å². The van der Waals surface area contributed by atoms with Crippen LogP contribution in [0.25, 0.3) is 17.2 Å². The maximum atomic E-state index is 14.0. The molecule has 47 heavy (non-hydrogen) atoms.